The molecule has 0 saturated carbocycles. The van der Waals surface area contributed by atoms with Crippen LogP contribution in [0.5, 0.6) is 0 Å². The molecule has 0 spiro atoms. The zero-order chi connectivity index (χ0) is 17.2. The number of nitriles is 1. The van der Waals surface area contributed by atoms with Gasteiger partial charge in [-0.25, -0.2) is 4.79 Å². The third-order valence-electron chi connectivity index (χ3n) is 4.05. The number of rotatable bonds is 0. The Hall–Kier alpha value is -1.03. The van der Waals surface area contributed by atoms with Crippen molar-refractivity contribution in [2.24, 2.45) is 0 Å². The number of aryl methyl sites for hydroxylation is 1. The van der Waals surface area contributed by atoms with Gasteiger partial charge in [0.05, 0.1) is 26.6 Å². The second-order valence-corrected chi connectivity index (χ2v) is 6.78. The van der Waals surface area contributed by atoms with Gasteiger partial charge in [-0.3, -0.25) is 15.1 Å². The zero-order valence-corrected chi connectivity index (χ0v) is 16.7. The number of nitrogens with zero attached hydrogens (tertiary/aromatic N) is 3. The van der Waals surface area contributed by atoms with E-state index in [1.54, 1.807) is 4.90 Å². The SMILES string of the molecule is Cc1c2c(nc3c1CN(C(=O)OC(C)(C)C)C3)CCC2.[BH3-]C#N.[Na+]. The van der Waals surface area contributed by atoms with Crippen LogP contribution in [0.2, 0.25) is 0 Å². The molecular weight excluding hydrogens is 312 g/mol. The number of carbonyl (C=O) groups is 1. The Morgan fingerprint density at radius 2 is 1.88 bits per heavy atom. The molecule has 7 heteroatoms. The monoisotopic (exact) mass is 337 g/mol. The van der Waals surface area contributed by atoms with Crippen LogP contribution >= 0.6 is 0 Å². The second-order valence-electron chi connectivity index (χ2n) is 6.78. The molecule has 2 aliphatic rings. The molecule has 1 aromatic heterocycles. The average molecular weight is 337 g/mol. The summed E-state index contributed by atoms with van der Waals surface area (Å²) < 4.78 is 5.45. The molecule has 5 nitrogen and oxygen atoms in total. The minimum absolute atomic E-state index is 0. The summed E-state index contributed by atoms with van der Waals surface area (Å²) in [6.45, 7) is 9.07. The van der Waals surface area contributed by atoms with Crippen LogP contribution in [0, 0.1) is 18.2 Å². The zero-order valence-electron chi connectivity index (χ0n) is 14.7. The van der Waals surface area contributed by atoms with Crippen LogP contribution in [-0.4, -0.2) is 29.4 Å². The number of fused-ring (bicyclic) bond motifs is 2. The number of amides is 1. The van der Waals surface area contributed by atoms with Gasteiger partial charge in [0, 0.05) is 5.69 Å². The predicted octanol–water partition coefficient (Wildman–Crippen LogP) is -1.03. The van der Waals surface area contributed by atoms with E-state index in [0.29, 0.717) is 13.1 Å². The third-order valence-corrected chi connectivity index (χ3v) is 4.05. The van der Waals surface area contributed by atoms with Gasteiger partial charge < -0.3 is 4.74 Å². The van der Waals surface area contributed by atoms with Crippen LogP contribution in [0.3, 0.4) is 0 Å². The maximum absolute atomic E-state index is 12.2. The van der Waals surface area contributed by atoms with E-state index in [2.05, 4.69) is 6.92 Å². The first-order valence-corrected chi connectivity index (χ1v) is 7.55. The summed E-state index contributed by atoms with van der Waals surface area (Å²) >= 11 is 0. The van der Waals surface area contributed by atoms with Crippen molar-refractivity contribution >= 4 is 13.9 Å². The van der Waals surface area contributed by atoms with Crippen LogP contribution < -0.4 is 29.6 Å². The van der Waals surface area contributed by atoms with Crippen LogP contribution in [0.4, 0.5) is 4.79 Å². The van der Waals surface area contributed by atoms with Crippen molar-refractivity contribution in [3.8, 4) is 5.97 Å². The van der Waals surface area contributed by atoms with Gasteiger partial charge in [0.2, 0.25) is 0 Å². The van der Waals surface area contributed by atoms with E-state index in [4.69, 9.17) is 15.0 Å². The number of pyridine rings is 1. The van der Waals surface area contributed by atoms with E-state index in [9.17, 15) is 4.79 Å². The van der Waals surface area contributed by atoms with E-state index in [0.717, 1.165) is 18.5 Å². The summed E-state index contributed by atoms with van der Waals surface area (Å²) in [5.41, 5.74) is 5.84. The molecule has 0 radical (unpaired) electrons. The maximum Gasteiger partial charge on any atom is 1.00 e. The van der Waals surface area contributed by atoms with Crippen molar-refractivity contribution in [3.05, 3.63) is 28.1 Å². The Morgan fingerprint density at radius 3 is 2.46 bits per heavy atom. The molecule has 0 unspecified atom stereocenters. The minimum Gasteiger partial charge on any atom is -0.444 e. The molecule has 24 heavy (non-hydrogen) atoms. The molecule has 0 fully saturated rings. The molecule has 2 heterocycles. The van der Waals surface area contributed by atoms with E-state index in [1.807, 2.05) is 26.7 Å². The van der Waals surface area contributed by atoms with Crippen LogP contribution in [0.25, 0.3) is 0 Å². The van der Waals surface area contributed by atoms with Crippen molar-refractivity contribution in [1.29, 1.82) is 5.26 Å². The summed E-state index contributed by atoms with van der Waals surface area (Å²) in [5.74, 6) is 2.00. The molecule has 0 saturated heterocycles. The summed E-state index contributed by atoms with van der Waals surface area (Å²) in [4.78, 5) is 18.7. The summed E-state index contributed by atoms with van der Waals surface area (Å²) in [6, 6.07) is 0. The van der Waals surface area contributed by atoms with Gasteiger partial charge >= 0.3 is 35.7 Å². The molecule has 1 aromatic rings. The third kappa shape index (κ3) is 4.75. The molecule has 3 rings (SSSR count). The van der Waals surface area contributed by atoms with Crippen LogP contribution in [-0.2, 0) is 30.7 Å². The number of aromatic nitrogens is 1. The van der Waals surface area contributed by atoms with Gasteiger partial charge in [0.25, 0.3) is 0 Å². The van der Waals surface area contributed by atoms with E-state index in [1.165, 1.54) is 28.8 Å². The van der Waals surface area contributed by atoms with Gasteiger partial charge in [0.15, 0.2) is 0 Å². The normalized spacial score (nSPS) is 14.6. The van der Waals surface area contributed by atoms with Gasteiger partial charge in [-0.1, -0.05) is 0 Å². The maximum atomic E-state index is 12.2. The largest absolute Gasteiger partial charge is 1.00 e. The van der Waals surface area contributed by atoms with E-state index < -0.39 is 5.60 Å². The molecule has 0 aromatic carbocycles. The molecule has 1 aliphatic heterocycles. The molecule has 124 valence electrons. The van der Waals surface area contributed by atoms with Crippen LogP contribution in [0.15, 0.2) is 0 Å². The molecule has 0 bridgehead atoms. The van der Waals surface area contributed by atoms with Gasteiger partial charge in [-0.15, -0.1) is 0 Å². The topological polar surface area (TPSA) is 66.2 Å². The van der Waals surface area contributed by atoms with Crippen molar-refractivity contribution in [2.45, 2.75) is 65.6 Å². The average Bonchev–Trinajstić information content (AvgIpc) is 3.04. The Bertz CT molecular complexity index is 665. The number of hydrogen-bond acceptors (Lipinski definition) is 4. The Labute approximate surface area is 167 Å². The number of hydrogen-bond donors (Lipinski definition) is 0. The molecule has 0 N–H and O–H groups in total. The standard InChI is InChI=1S/C16H22N2O2.CH3BN.Na/c1-10-11-6-5-7-13(11)17-14-9-18(8-12(10)14)15(19)20-16(2,3)4;2-1-3;/h5-9H2,1-4H3;2H3;/q;-1;+1. The first-order chi connectivity index (χ1) is 10.8. The quantitative estimate of drug-likeness (QED) is 0.568. The fraction of sp³-hybridized carbons (Fsp3) is 0.588. The van der Waals surface area contributed by atoms with Crippen LogP contribution in [0.1, 0.15) is 55.3 Å². The summed E-state index contributed by atoms with van der Waals surface area (Å²) in [6.07, 6.45) is 3.18. The fourth-order valence-electron chi connectivity index (χ4n) is 3.11. The van der Waals surface area contributed by atoms with Crippen molar-refractivity contribution < 1.29 is 39.1 Å². The Kier molecular flexibility index (Phi) is 7.34. The predicted molar refractivity (Wildman–Crippen MR) is 92.0 cm³/mol. The fourth-order valence-corrected chi connectivity index (χ4v) is 3.11. The van der Waals surface area contributed by atoms with Crippen molar-refractivity contribution in [2.75, 3.05) is 0 Å². The smallest absolute Gasteiger partial charge is 0.444 e. The van der Waals surface area contributed by atoms with Gasteiger partial charge in [0.1, 0.15) is 5.60 Å². The minimum atomic E-state index is -0.448. The van der Waals surface area contributed by atoms with Gasteiger partial charge in [-0.2, -0.15) is 5.97 Å². The van der Waals surface area contributed by atoms with Crippen molar-refractivity contribution in [1.82, 2.24) is 9.88 Å². The number of carbonyl (C=O) groups excluding carboxylic acids is 1. The van der Waals surface area contributed by atoms with E-state index in [-0.39, 0.29) is 43.5 Å². The van der Waals surface area contributed by atoms with Crippen molar-refractivity contribution in [3.63, 3.8) is 0 Å². The first-order valence-electron chi connectivity index (χ1n) is 7.55. The molecule has 1 aliphatic carbocycles. The summed E-state index contributed by atoms with van der Waals surface area (Å²) in [7, 11) is 0.0694. The molecule has 0 atom stereocenters. The Morgan fingerprint density at radius 1 is 1.25 bits per heavy atom. The molecule has 1 amide bonds. The Balaban J connectivity index is 0.000000671. The summed E-state index contributed by atoms with van der Waals surface area (Å²) in [5, 5.41) is 7.43. The second kappa shape index (κ2) is 8.38. The molecular formula is C17H25BN3NaO2. The first kappa shape index (κ1) is 21.0. The van der Waals surface area contributed by atoms with E-state index >= 15 is 0 Å². The van der Waals surface area contributed by atoms with Gasteiger partial charge in [-0.05, 0) is 63.6 Å². The number of ether oxygens (including phenoxy) is 1.